The highest BCUT2D eigenvalue weighted by Gasteiger charge is 2.22. The molecule has 0 radical (unpaired) electrons. The summed E-state index contributed by atoms with van der Waals surface area (Å²) in [6.07, 6.45) is 4.60. The summed E-state index contributed by atoms with van der Waals surface area (Å²) in [4.78, 5) is 7.13. The van der Waals surface area contributed by atoms with Crippen LogP contribution in [0, 0.1) is 5.92 Å². The zero-order valence-electron chi connectivity index (χ0n) is 10.6. The largest absolute Gasteiger partial charge is 0.355 e. The maximum Gasteiger partial charge on any atom is 0.152 e. The molecule has 2 aromatic rings. The van der Waals surface area contributed by atoms with E-state index in [9.17, 15) is 0 Å². The van der Waals surface area contributed by atoms with Gasteiger partial charge >= 0.3 is 0 Å². The van der Waals surface area contributed by atoms with Crippen molar-refractivity contribution in [1.82, 2.24) is 9.38 Å². The van der Waals surface area contributed by atoms with Crippen molar-refractivity contribution in [1.29, 1.82) is 0 Å². The standard InChI is InChI=1S/C14H18ClN3/c1-11-5-4-7-17(10-11)14-12(9-15)18-8-3-2-6-13(18)16-14/h2-3,6,8,11H,4-5,7,9-10H2,1H3. The number of rotatable bonds is 2. The molecule has 1 aliphatic heterocycles. The highest BCUT2D eigenvalue weighted by molar-refractivity contribution is 6.17. The molecule has 3 heterocycles. The predicted octanol–water partition coefficient (Wildman–Crippen LogP) is 3.31. The number of nitrogens with zero attached hydrogens (tertiary/aromatic N) is 3. The van der Waals surface area contributed by atoms with Crippen LogP contribution in [0.5, 0.6) is 0 Å². The quantitative estimate of drug-likeness (QED) is 0.775. The molecule has 0 N–H and O–H groups in total. The van der Waals surface area contributed by atoms with Gasteiger partial charge in [-0.3, -0.25) is 0 Å². The van der Waals surface area contributed by atoms with Crippen molar-refractivity contribution < 1.29 is 0 Å². The van der Waals surface area contributed by atoms with E-state index in [0.29, 0.717) is 5.88 Å². The molecular weight excluding hydrogens is 246 g/mol. The summed E-state index contributed by atoms with van der Waals surface area (Å²) in [5, 5.41) is 0. The highest BCUT2D eigenvalue weighted by atomic mass is 35.5. The van der Waals surface area contributed by atoms with Crippen LogP contribution in [0.25, 0.3) is 5.65 Å². The van der Waals surface area contributed by atoms with Gasteiger partial charge in [0.1, 0.15) is 5.65 Å². The first-order valence-electron chi connectivity index (χ1n) is 6.56. The Bertz CT molecular complexity index is 549. The minimum atomic E-state index is 0.505. The van der Waals surface area contributed by atoms with Crippen LogP contribution in [0.15, 0.2) is 24.4 Å². The minimum Gasteiger partial charge on any atom is -0.355 e. The Hall–Kier alpha value is -1.22. The average molecular weight is 264 g/mol. The van der Waals surface area contributed by atoms with Crippen LogP contribution in [0.2, 0.25) is 0 Å². The highest BCUT2D eigenvalue weighted by Crippen LogP contribution is 2.27. The van der Waals surface area contributed by atoms with Gasteiger partial charge in [-0.15, -0.1) is 11.6 Å². The van der Waals surface area contributed by atoms with Gasteiger partial charge in [0.25, 0.3) is 0 Å². The number of alkyl halides is 1. The fraction of sp³-hybridized carbons (Fsp3) is 0.500. The first-order chi connectivity index (χ1) is 8.79. The lowest BCUT2D eigenvalue weighted by Gasteiger charge is -2.31. The lowest BCUT2D eigenvalue weighted by Crippen LogP contribution is -2.35. The Morgan fingerprint density at radius 1 is 1.44 bits per heavy atom. The van der Waals surface area contributed by atoms with Crippen molar-refractivity contribution in [3.05, 3.63) is 30.1 Å². The summed E-state index contributed by atoms with van der Waals surface area (Å²) in [5.74, 6) is 2.32. The van der Waals surface area contributed by atoms with Gasteiger partial charge in [0.15, 0.2) is 5.82 Å². The van der Waals surface area contributed by atoms with Crippen LogP contribution in [0.4, 0.5) is 5.82 Å². The maximum absolute atomic E-state index is 6.12. The molecule has 1 aliphatic rings. The number of hydrogen-bond acceptors (Lipinski definition) is 2. The molecule has 0 aromatic carbocycles. The van der Waals surface area contributed by atoms with Gasteiger partial charge in [-0.05, 0) is 30.9 Å². The topological polar surface area (TPSA) is 20.5 Å². The molecule has 1 atom stereocenters. The van der Waals surface area contributed by atoms with E-state index in [4.69, 9.17) is 16.6 Å². The number of halogens is 1. The van der Waals surface area contributed by atoms with Gasteiger partial charge in [0.05, 0.1) is 11.6 Å². The van der Waals surface area contributed by atoms with E-state index in [2.05, 4.69) is 16.2 Å². The summed E-state index contributed by atoms with van der Waals surface area (Å²) in [5.41, 5.74) is 2.10. The van der Waals surface area contributed by atoms with Crippen LogP contribution < -0.4 is 4.90 Å². The van der Waals surface area contributed by atoms with Crippen molar-refractivity contribution in [3.8, 4) is 0 Å². The van der Waals surface area contributed by atoms with Crippen molar-refractivity contribution in [2.45, 2.75) is 25.6 Å². The lowest BCUT2D eigenvalue weighted by molar-refractivity contribution is 0.444. The molecule has 4 heteroatoms. The summed E-state index contributed by atoms with van der Waals surface area (Å²) < 4.78 is 2.10. The van der Waals surface area contributed by atoms with Crippen LogP contribution in [-0.4, -0.2) is 22.5 Å². The van der Waals surface area contributed by atoms with Crippen LogP contribution in [0.1, 0.15) is 25.5 Å². The molecule has 0 saturated carbocycles. The minimum absolute atomic E-state index is 0.505. The Morgan fingerprint density at radius 3 is 3.11 bits per heavy atom. The van der Waals surface area contributed by atoms with Crippen LogP contribution >= 0.6 is 11.6 Å². The number of hydrogen-bond donors (Lipinski definition) is 0. The monoisotopic (exact) mass is 263 g/mol. The zero-order valence-corrected chi connectivity index (χ0v) is 11.4. The number of aromatic nitrogens is 2. The summed E-state index contributed by atoms with van der Waals surface area (Å²) in [6.45, 7) is 4.49. The van der Waals surface area contributed by atoms with Crippen molar-refractivity contribution >= 4 is 23.1 Å². The lowest BCUT2D eigenvalue weighted by atomic mass is 10.0. The summed E-state index contributed by atoms with van der Waals surface area (Å²) in [7, 11) is 0. The Balaban J connectivity index is 2.05. The fourth-order valence-corrected chi connectivity index (χ4v) is 3.04. The van der Waals surface area contributed by atoms with E-state index in [1.165, 1.54) is 12.8 Å². The van der Waals surface area contributed by atoms with Gasteiger partial charge < -0.3 is 9.30 Å². The first-order valence-corrected chi connectivity index (χ1v) is 7.10. The van der Waals surface area contributed by atoms with E-state index < -0.39 is 0 Å². The Kier molecular flexibility index (Phi) is 3.16. The molecule has 0 spiro atoms. The SMILES string of the molecule is CC1CCCN(c2nc3ccccn3c2CCl)C1. The number of anilines is 1. The van der Waals surface area contributed by atoms with Gasteiger partial charge in [-0.2, -0.15) is 0 Å². The number of fused-ring (bicyclic) bond motifs is 1. The second-order valence-corrected chi connectivity index (χ2v) is 5.41. The maximum atomic E-state index is 6.12. The smallest absolute Gasteiger partial charge is 0.152 e. The second-order valence-electron chi connectivity index (χ2n) is 5.14. The molecule has 0 aliphatic carbocycles. The first kappa shape index (κ1) is 11.8. The molecule has 2 aromatic heterocycles. The average Bonchev–Trinajstić information content (AvgIpc) is 2.77. The Labute approximate surface area is 112 Å². The summed E-state index contributed by atoms with van der Waals surface area (Å²) in [6, 6.07) is 6.07. The van der Waals surface area contributed by atoms with Crippen LogP contribution in [0.3, 0.4) is 0 Å². The van der Waals surface area contributed by atoms with Gasteiger partial charge in [0.2, 0.25) is 0 Å². The third-order valence-electron chi connectivity index (χ3n) is 3.69. The second kappa shape index (κ2) is 4.81. The third-order valence-corrected chi connectivity index (χ3v) is 3.94. The zero-order chi connectivity index (χ0) is 12.5. The molecule has 3 rings (SSSR count). The number of pyridine rings is 1. The van der Waals surface area contributed by atoms with Crippen molar-refractivity contribution in [3.63, 3.8) is 0 Å². The van der Waals surface area contributed by atoms with Crippen molar-refractivity contribution in [2.75, 3.05) is 18.0 Å². The van der Waals surface area contributed by atoms with Gasteiger partial charge in [-0.1, -0.05) is 13.0 Å². The third kappa shape index (κ3) is 1.97. The molecule has 0 amide bonds. The van der Waals surface area contributed by atoms with E-state index in [-0.39, 0.29) is 0 Å². The molecule has 1 unspecified atom stereocenters. The van der Waals surface area contributed by atoms with E-state index in [1.54, 1.807) is 0 Å². The number of imidazole rings is 1. The van der Waals surface area contributed by atoms with Gasteiger partial charge in [0, 0.05) is 19.3 Å². The fourth-order valence-electron chi connectivity index (χ4n) is 2.79. The number of piperidine rings is 1. The molecule has 0 bridgehead atoms. The Morgan fingerprint density at radius 2 is 2.33 bits per heavy atom. The molecule has 18 heavy (non-hydrogen) atoms. The molecular formula is C14H18ClN3. The van der Waals surface area contributed by atoms with Crippen molar-refractivity contribution in [2.24, 2.45) is 5.92 Å². The molecule has 96 valence electrons. The van der Waals surface area contributed by atoms with E-state index in [1.807, 2.05) is 24.4 Å². The van der Waals surface area contributed by atoms with Gasteiger partial charge in [-0.25, -0.2) is 4.98 Å². The predicted molar refractivity (Wildman–Crippen MR) is 75.4 cm³/mol. The van der Waals surface area contributed by atoms with E-state index in [0.717, 1.165) is 36.2 Å². The van der Waals surface area contributed by atoms with Crippen LogP contribution in [-0.2, 0) is 5.88 Å². The molecule has 3 nitrogen and oxygen atoms in total. The molecule has 1 saturated heterocycles. The van der Waals surface area contributed by atoms with E-state index >= 15 is 0 Å². The summed E-state index contributed by atoms with van der Waals surface area (Å²) >= 11 is 6.12. The normalized spacial score (nSPS) is 20.6. The molecule has 1 fully saturated rings.